The number of carboxylic acids is 1. The van der Waals surface area contributed by atoms with E-state index in [0.717, 1.165) is 0 Å². The fourth-order valence-corrected chi connectivity index (χ4v) is 1.43. The van der Waals surface area contributed by atoms with Gasteiger partial charge >= 0.3 is 5.97 Å². The number of aromatic amines is 1. The van der Waals surface area contributed by atoms with Gasteiger partial charge in [0.2, 0.25) is 0 Å². The van der Waals surface area contributed by atoms with Gasteiger partial charge in [0.15, 0.2) is 0 Å². The lowest BCUT2D eigenvalue weighted by molar-refractivity contribution is 0.0696. The highest BCUT2D eigenvalue weighted by Gasteiger charge is 2.14. The summed E-state index contributed by atoms with van der Waals surface area (Å²) in [5.41, 5.74) is 0.637. The van der Waals surface area contributed by atoms with Gasteiger partial charge in [-0.15, -0.1) is 0 Å². The van der Waals surface area contributed by atoms with E-state index in [2.05, 4.69) is 9.97 Å². The Morgan fingerprint density at radius 2 is 2.25 bits per heavy atom. The Kier molecular flexibility index (Phi) is 2.70. The minimum absolute atomic E-state index is 0.142. The number of benzene rings is 1. The molecular weight excluding hydrogens is 208 g/mol. The first kappa shape index (κ1) is 10.4. The van der Waals surface area contributed by atoms with Gasteiger partial charge in [0.1, 0.15) is 11.9 Å². The molecule has 0 saturated heterocycles. The number of nitrogens with zero attached hydrogens (tertiary/aromatic N) is 1. The second kappa shape index (κ2) is 4.16. The van der Waals surface area contributed by atoms with E-state index in [4.69, 9.17) is 5.11 Å². The molecule has 16 heavy (non-hydrogen) atoms. The molecule has 0 radical (unpaired) electrons. The molecule has 0 aliphatic rings. The zero-order valence-electron chi connectivity index (χ0n) is 8.29. The monoisotopic (exact) mass is 218 g/mol. The number of aromatic carboxylic acids is 1. The summed E-state index contributed by atoms with van der Waals surface area (Å²) in [5.74, 6) is -0.629. The van der Waals surface area contributed by atoms with E-state index < -0.39 is 12.1 Å². The fourth-order valence-electron chi connectivity index (χ4n) is 1.43. The molecule has 0 saturated carbocycles. The van der Waals surface area contributed by atoms with Gasteiger partial charge in [-0.05, 0) is 17.7 Å². The van der Waals surface area contributed by atoms with Crippen LogP contribution in [0.1, 0.15) is 27.8 Å². The van der Waals surface area contributed by atoms with Gasteiger partial charge in [-0.2, -0.15) is 0 Å². The van der Waals surface area contributed by atoms with Crippen LogP contribution in [0.4, 0.5) is 0 Å². The van der Waals surface area contributed by atoms with Gasteiger partial charge in [0.05, 0.1) is 5.56 Å². The molecule has 0 aliphatic heterocycles. The van der Waals surface area contributed by atoms with Gasteiger partial charge in [0, 0.05) is 12.4 Å². The maximum atomic E-state index is 10.8. The van der Waals surface area contributed by atoms with E-state index in [0.29, 0.717) is 11.4 Å². The number of rotatable bonds is 3. The molecule has 0 amide bonds. The number of carboxylic acid groups (broad SMARTS) is 1. The van der Waals surface area contributed by atoms with Gasteiger partial charge in [-0.25, -0.2) is 9.78 Å². The van der Waals surface area contributed by atoms with Crippen LogP contribution in [0.15, 0.2) is 36.7 Å². The molecule has 1 unspecified atom stereocenters. The summed E-state index contributed by atoms with van der Waals surface area (Å²) in [5, 5.41) is 18.7. The van der Waals surface area contributed by atoms with Crippen LogP contribution in [0.5, 0.6) is 0 Å². The molecule has 5 nitrogen and oxygen atoms in total. The van der Waals surface area contributed by atoms with Crippen LogP contribution in [0.3, 0.4) is 0 Å². The van der Waals surface area contributed by atoms with Crippen molar-refractivity contribution in [1.82, 2.24) is 9.97 Å². The number of aliphatic hydroxyl groups excluding tert-OH is 1. The Morgan fingerprint density at radius 3 is 2.88 bits per heavy atom. The van der Waals surface area contributed by atoms with E-state index in [1.165, 1.54) is 18.3 Å². The lowest BCUT2D eigenvalue weighted by atomic mass is 10.1. The number of carbonyl (C=O) groups is 1. The van der Waals surface area contributed by atoms with Crippen LogP contribution in [0.2, 0.25) is 0 Å². The molecule has 2 aromatic rings. The average molecular weight is 218 g/mol. The van der Waals surface area contributed by atoms with Crippen molar-refractivity contribution in [1.29, 1.82) is 0 Å². The van der Waals surface area contributed by atoms with E-state index in [-0.39, 0.29) is 5.56 Å². The van der Waals surface area contributed by atoms with Crippen molar-refractivity contribution in [3.05, 3.63) is 53.6 Å². The minimum atomic E-state index is -1.02. The van der Waals surface area contributed by atoms with Crippen LogP contribution in [0, 0.1) is 0 Å². The average Bonchev–Trinajstić information content (AvgIpc) is 2.81. The minimum Gasteiger partial charge on any atom is -0.478 e. The van der Waals surface area contributed by atoms with E-state index in [9.17, 15) is 9.90 Å². The lowest BCUT2D eigenvalue weighted by Crippen LogP contribution is -2.04. The van der Waals surface area contributed by atoms with Crippen molar-refractivity contribution in [2.75, 3.05) is 0 Å². The van der Waals surface area contributed by atoms with Crippen molar-refractivity contribution in [2.24, 2.45) is 0 Å². The Labute approximate surface area is 91.4 Å². The Morgan fingerprint density at radius 1 is 1.44 bits per heavy atom. The van der Waals surface area contributed by atoms with Crippen molar-refractivity contribution in [3.8, 4) is 0 Å². The summed E-state index contributed by atoms with van der Waals surface area (Å²) >= 11 is 0. The van der Waals surface area contributed by atoms with E-state index >= 15 is 0 Å². The molecule has 0 spiro atoms. The fraction of sp³-hybridized carbons (Fsp3) is 0.0909. The van der Waals surface area contributed by atoms with E-state index in [1.807, 2.05) is 0 Å². The molecule has 0 aliphatic carbocycles. The quantitative estimate of drug-likeness (QED) is 0.722. The van der Waals surface area contributed by atoms with Gasteiger partial charge in [0.25, 0.3) is 0 Å². The highest BCUT2D eigenvalue weighted by Crippen LogP contribution is 2.19. The van der Waals surface area contributed by atoms with Crippen molar-refractivity contribution >= 4 is 5.97 Å². The molecule has 2 rings (SSSR count). The molecule has 1 aromatic heterocycles. The first-order chi connectivity index (χ1) is 7.68. The highest BCUT2D eigenvalue weighted by molar-refractivity contribution is 5.87. The number of H-pyrrole nitrogens is 1. The Bertz CT molecular complexity index is 494. The van der Waals surface area contributed by atoms with E-state index in [1.54, 1.807) is 18.3 Å². The van der Waals surface area contributed by atoms with Gasteiger partial charge < -0.3 is 15.2 Å². The van der Waals surface area contributed by atoms with Gasteiger partial charge in [-0.1, -0.05) is 12.1 Å². The standard InChI is InChI=1S/C11H10N2O3/c14-9(10-12-4-5-13-10)7-2-1-3-8(6-7)11(15)16/h1-6,9,14H,(H,12,13)(H,15,16). The van der Waals surface area contributed by atoms with Crippen molar-refractivity contribution < 1.29 is 15.0 Å². The Balaban J connectivity index is 2.34. The number of hydrogen-bond acceptors (Lipinski definition) is 3. The molecule has 82 valence electrons. The van der Waals surface area contributed by atoms with Crippen molar-refractivity contribution in [2.45, 2.75) is 6.10 Å². The summed E-state index contributed by atoms with van der Waals surface area (Å²) in [7, 11) is 0. The summed E-state index contributed by atoms with van der Waals surface area (Å²) in [6.45, 7) is 0. The summed E-state index contributed by atoms with van der Waals surface area (Å²) in [6, 6.07) is 6.14. The molecule has 1 heterocycles. The second-order valence-electron chi connectivity index (χ2n) is 3.31. The third-order valence-electron chi connectivity index (χ3n) is 2.23. The molecule has 3 N–H and O–H groups in total. The third kappa shape index (κ3) is 1.94. The zero-order chi connectivity index (χ0) is 11.5. The number of aliphatic hydroxyl groups is 1. The maximum Gasteiger partial charge on any atom is 0.335 e. The SMILES string of the molecule is O=C(O)c1cccc(C(O)c2ncc[nH]2)c1. The number of nitrogens with one attached hydrogen (secondary N) is 1. The summed E-state index contributed by atoms with van der Waals surface area (Å²) < 4.78 is 0. The van der Waals surface area contributed by atoms with Crippen LogP contribution in [-0.4, -0.2) is 26.2 Å². The molecule has 0 fully saturated rings. The summed E-state index contributed by atoms with van der Waals surface area (Å²) in [4.78, 5) is 17.4. The summed E-state index contributed by atoms with van der Waals surface area (Å²) in [6.07, 6.45) is 2.19. The van der Waals surface area contributed by atoms with Crippen LogP contribution < -0.4 is 0 Å². The van der Waals surface area contributed by atoms with Crippen LogP contribution in [0.25, 0.3) is 0 Å². The van der Waals surface area contributed by atoms with Crippen molar-refractivity contribution in [3.63, 3.8) is 0 Å². The topological polar surface area (TPSA) is 86.2 Å². The number of hydrogen-bond donors (Lipinski definition) is 3. The largest absolute Gasteiger partial charge is 0.478 e. The smallest absolute Gasteiger partial charge is 0.335 e. The maximum absolute atomic E-state index is 10.8. The predicted octanol–water partition coefficient (Wildman–Crippen LogP) is 1.19. The molecule has 1 aromatic carbocycles. The number of imidazole rings is 1. The number of aromatic nitrogens is 2. The third-order valence-corrected chi connectivity index (χ3v) is 2.23. The van der Waals surface area contributed by atoms with Crippen LogP contribution >= 0.6 is 0 Å². The van der Waals surface area contributed by atoms with Gasteiger partial charge in [-0.3, -0.25) is 0 Å². The predicted molar refractivity (Wildman–Crippen MR) is 56.1 cm³/mol. The Hall–Kier alpha value is -2.14. The molecular formula is C11H10N2O3. The second-order valence-corrected chi connectivity index (χ2v) is 3.31. The molecule has 0 bridgehead atoms. The molecule has 1 atom stereocenters. The zero-order valence-corrected chi connectivity index (χ0v) is 8.29. The normalized spacial score (nSPS) is 12.3. The lowest BCUT2D eigenvalue weighted by Gasteiger charge is -2.08. The first-order valence-electron chi connectivity index (χ1n) is 4.69. The first-order valence-corrected chi connectivity index (χ1v) is 4.69. The van der Waals surface area contributed by atoms with Crippen LogP contribution in [-0.2, 0) is 0 Å². The highest BCUT2D eigenvalue weighted by atomic mass is 16.4. The molecule has 5 heteroatoms.